The maximum atomic E-state index is 12.3. The molecule has 2 aromatic carbocycles. The number of benzene rings is 2. The Morgan fingerprint density at radius 2 is 1.59 bits per heavy atom. The van der Waals surface area contributed by atoms with Gasteiger partial charge in [-0.1, -0.05) is 30.3 Å². The Labute approximate surface area is 186 Å². The smallest absolute Gasteiger partial charge is 0.289 e. The third-order valence-electron chi connectivity index (χ3n) is 5.32. The highest BCUT2D eigenvalue weighted by Gasteiger charge is 2.25. The number of nitrogens with zero attached hydrogens (tertiary/aromatic N) is 1. The lowest BCUT2D eigenvalue weighted by atomic mass is 10.0. The number of furan rings is 1. The number of piperidine rings is 1. The first kappa shape index (κ1) is 21.5. The maximum absolute atomic E-state index is 12.3. The molecule has 7 nitrogen and oxygen atoms in total. The van der Waals surface area contributed by atoms with Crippen LogP contribution in [0.15, 0.2) is 77.4 Å². The Morgan fingerprint density at radius 1 is 0.906 bits per heavy atom. The molecule has 2 amide bonds. The van der Waals surface area contributed by atoms with Gasteiger partial charge in [-0.2, -0.15) is 0 Å². The van der Waals surface area contributed by atoms with Crippen molar-refractivity contribution in [2.24, 2.45) is 0 Å². The SMILES string of the molecule is O=C(COc1ccc(OCc2ccccc2)cc1)NC1CCN(C(=O)c2ccco2)CC1. The van der Waals surface area contributed by atoms with Gasteiger partial charge in [0, 0.05) is 19.1 Å². The van der Waals surface area contributed by atoms with Crippen molar-refractivity contribution >= 4 is 11.8 Å². The lowest BCUT2D eigenvalue weighted by molar-refractivity contribution is -0.124. The van der Waals surface area contributed by atoms with E-state index in [1.165, 1.54) is 6.26 Å². The van der Waals surface area contributed by atoms with Crippen LogP contribution in [0.25, 0.3) is 0 Å². The molecule has 3 aromatic rings. The Balaban J connectivity index is 1.15. The standard InChI is InChI=1S/C25H26N2O5/c28-24(26-20-12-14-27(15-13-20)25(29)23-7-4-16-30-23)18-32-22-10-8-21(9-11-22)31-17-19-5-2-1-3-6-19/h1-11,16,20H,12-15,17-18H2,(H,26,28). The molecule has 0 bridgehead atoms. The van der Waals surface area contributed by atoms with Crippen LogP contribution >= 0.6 is 0 Å². The number of hydrogen-bond donors (Lipinski definition) is 1. The summed E-state index contributed by atoms with van der Waals surface area (Å²) in [6.45, 7) is 1.59. The van der Waals surface area contributed by atoms with Crippen molar-refractivity contribution in [2.75, 3.05) is 19.7 Å². The van der Waals surface area contributed by atoms with E-state index < -0.39 is 0 Å². The summed E-state index contributed by atoms with van der Waals surface area (Å²) in [6, 6.07) is 20.5. The molecule has 7 heteroatoms. The number of carbonyl (C=O) groups is 2. The number of hydrogen-bond acceptors (Lipinski definition) is 5. The number of likely N-dealkylation sites (tertiary alicyclic amines) is 1. The van der Waals surface area contributed by atoms with Crippen LogP contribution in [0.2, 0.25) is 0 Å². The molecule has 0 radical (unpaired) electrons. The van der Waals surface area contributed by atoms with E-state index in [4.69, 9.17) is 13.9 Å². The summed E-state index contributed by atoms with van der Waals surface area (Å²) in [5.41, 5.74) is 1.10. The van der Waals surface area contributed by atoms with E-state index in [1.807, 2.05) is 42.5 Å². The molecule has 1 fully saturated rings. The highest BCUT2D eigenvalue weighted by molar-refractivity contribution is 5.91. The molecule has 1 aliphatic rings. The molecule has 0 atom stereocenters. The first-order valence-electron chi connectivity index (χ1n) is 10.7. The van der Waals surface area contributed by atoms with Gasteiger partial charge in [0.25, 0.3) is 11.8 Å². The van der Waals surface area contributed by atoms with E-state index in [-0.39, 0.29) is 24.5 Å². The van der Waals surface area contributed by atoms with Crippen molar-refractivity contribution in [3.63, 3.8) is 0 Å². The third-order valence-corrected chi connectivity index (χ3v) is 5.32. The zero-order valence-corrected chi connectivity index (χ0v) is 17.7. The molecule has 1 aromatic heterocycles. The third kappa shape index (κ3) is 5.91. The van der Waals surface area contributed by atoms with Crippen molar-refractivity contribution < 1.29 is 23.5 Å². The van der Waals surface area contributed by atoms with Crippen molar-refractivity contribution in [2.45, 2.75) is 25.5 Å². The van der Waals surface area contributed by atoms with Crippen LogP contribution in [0.3, 0.4) is 0 Å². The van der Waals surface area contributed by atoms with Gasteiger partial charge in [-0.3, -0.25) is 9.59 Å². The summed E-state index contributed by atoms with van der Waals surface area (Å²) in [5.74, 6) is 1.40. The summed E-state index contributed by atoms with van der Waals surface area (Å²) >= 11 is 0. The topological polar surface area (TPSA) is 81.0 Å². The zero-order valence-electron chi connectivity index (χ0n) is 17.7. The molecule has 0 saturated carbocycles. The fraction of sp³-hybridized carbons (Fsp3) is 0.280. The van der Waals surface area contributed by atoms with Crippen LogP contribution in [0, 0.1) is 0 Å². The predicted molar refractivity (Wildman–Crippen MR) is 118 cm³/mol. The molecule has 2 heterocycles. The zero-order chi connectivity index (χ0) is 22.2. The summed E-state index contributed by atoms with van der Waals surface area (Å²) < 4.78 is 16.5. The van der Waals surface area contributed by atoms with Gasteiger partial charge < -0.3 is 24.1 Å². The Hall–Kier alpha value is -3.74. The molecular weight excluding hydrogens is 408 g/mol. The molecule has 1 aliphatic heterocycles. The van der Waals surface area contributed by atoms with Gasteiger partial charge in [0.05, 0.1) is 6.26 Å². The first-order chi connectivity index (χ1) is 15.7. The molecule has 32 heavy (non-hydrogen) atoms. The van der Waals surface area contributed by atoms with Gasteiger partial charge in [0.2, 0.25) is 0 Å². The number of rotatable bonds is 8. The number of carbonyl (C=O) groups excluding carboxylic acids is 2. The van der Waals surface area contributed by atoms with E-state index in [1.54, 1.807) is 29.2 Å². The van der Waals surface area contributed by atoms with Crippen LogP contribution in [-0.2, 0) is 11.4 Å². The average Bonchev–Trinajstić information content (AvgIpc) is 3.38. The van der Waals surface area contributed by atoms with Crippen LogP contribution in [-0.4, -0.2) is 42.5 Å². The Bertz CT molecular complexity index is 995. The van der Waals surface area contributed by atoms with Crippen LogP contribution in [0.1, 0.15) is 29.0 Å². The summed E-state index contributed by atoms with van der Waals surface area (Å²) in [6.07, 6.45) is 2.89. The molecule has 1 saturated heterocycles. The van der Waals surface area contributed by atoms with Gasteiger partial charge in [0.15, 0.2) is 12.4 Å². The van der Waals surface area contributed by atoms with Gasteiger partial charge in [-0.15, -0.1) is 0 Å². The highest BCUT2D eigenvalue weighted by atomic mass is 16.5. The highest BCUT2D eigenvalue weighted by Crippen LogP contribution is 2.19. The molecule has 4 rings (SSSR count). The molecule has 166 valence electrons. The average molecular weight is 434 g/mol. The minimum Gasteiger partial charge on any atom is -0.489 e. The normalized spacial score (nSPS) is 14.1. The number of ether oxygens (including phenoxy) is 2. The predicted octanol–water partition coefficient (Wildman–Crippen LogP) is 3.66. The largest absolute Gasteiger partial charge is 0.489 e. The van der Waals surface area contributed by atoms with Gasteiger partial charge >= 0.3 is 0 Å². The van der Waals surface area contributed by atoms with Crippen molar-refractivity contribution in [3.8, 4) is 11.5 Å². The molecule has 0 unspecified atom stereocenters. The fourth-order valence-electron chi connectivity index (χ4n) is 3.57. The van der Waals surface area contributed by atoms with E-state index in [0.29, 0.717) is 44.0 Å². The van der Waals surface area contributed by atoms with Crippen LogP contribution in [0.4, 0.5) is 0 Å². The molecule has 1 N–H and O–H groups in total. The van der Waals surface area contributed by atoms with E-state index in [9.17, 15) is 9.59 Å². The van der Waals surface area contributed by atoms with Crippen molar-refractivity contribution in [1.82, 2.24) is 10.2 Å². The number of amides is 2. The molecule has 0 spiro atoms. The second-order valence-electron chi connectivity index (χ2n) is 7.65. The first-order valence-corrected chi connectivity index (χ1v) is 10.7. The van der Waals surface area contributed by atoms with E-state index >= 15 is 0 Å². The van der Waals surface area contributed by atoms with Gasteiger partial charge in [-0.25, -0.2) is 0 Å². The van der Waals surface area contributed by atoms with Gasteiger partial charge in [-0.05, 0) is 54.8 Å². The van der Waals surface area contributed by atoms with E-state index in [0.717, 1.165) is 11.3 Å². The minimum absolute atomic E-state index is 0.0283. The monoisotopic (exact) mass is 434 g/mol. The minimum atomic E-state index is -0.176. The quantitative estimate of drug-likeness (QED) is 0.585. The van der Waals surface area contributed by atoms with Crippen molar-refractivity contribution in [3.05, 3.63) is 84.3 Å². The van der Waals surface area contributed by atoms with Gasteiger partial charge in [0.1, 0.15) is 18.1 Å². The van der Waals surface area contributed by atoms with Crippen molar-refractivity contribution in [1.29, 1.82) is 0 Å². The summed E-state index contributed by atoms with van der Waals surface area (Å²) in [7, 11) is 0. The summed E-state index contributed by atoms with van der Waals surface area (Å²) in [5, 5.41) is 2.98. The van der Waals surface area contributed by atoms with Crippen LogP contribution < -0.4 is 14.8 Å². The maximum Gasteiger partial charge on any atom is 0.289 e. The molecule has 0 aliphatic carbocycles. The second kappa shape index (κ2) is 10.5. The second-order valence-corrected chi connectivity index (χ2v) is 7.65. The number of nitrogens with one attached hydrogen (secondary N) is 1. The lowest BCUT2D eigenvalue weighted by Gasteiger charge is -2.31. The lowest BCUT2D eigenvalue weighted by Crippen LogP contribution is -2.47. The summed E-state index contributed by atoms with van der Waals surface area (Å²) in [4.78, 5) is 26.3. The van der Waals surface area contributed by atoms with E-state index in [2.05, 4.69) is 5.32 Å². The Kier molecular flexibility index (Phi) is 7.07. The molecular formula is C25H26N2O5. The Morgan fingerprint density at radius 3 is 2.25 bits per heavy atom. The fourth-order valence-corrected chi connectivity index (χ4v) is 3.57. The van der Waals surface area contributed by atoms with Crippen LogP contribution in [0.5, 0.6) is 11.5 Å².